The molecule has 0 bridgehead atoms. The highest BCUT2D eigenvalue weighted by Crippen LogP contribution is 2.46. The molecular weight excluding hydrogens is 596 g/mol. The largest absolute Gasteiger partial charge is 0.405 e. The van der Waals surface area contributed by atoms with E-state index in [9.17, 15) is 27.6 Å². The van der Waals surface area contributed by atoms with Gasteiger partial charge in [0.05, 0.1) is 24.8 Å². The van der Waals surface area contributed by atoms with Gasteiger partial charge in [0, 0.05) is 31.9 Å². The molecule has 3 amide bonds. The Morgan fingerprint density at radius 2 is 1.78 bits per heavy atom. The molecule has 3 aliphatic rings. The van der Waals surface area contributed by atoms with E-state index in [1.807, 2.05) is 24.1 Å². The number of hydrogen-bond acceptors (Lipinski definition) is 6. The second-order valence-electron chi connectivity index (χ2n) is 12.0. The van der Waals surface area contributed by atoms with Gasteiger partial charge in [-0.1, -0.05) is 11.6 Å². The molecule has 3 N–H and O–H groups in total. The fourth-order valence-corrected chi connectivity index (χ4v) is 5.62. The number of anilines is 1. The maximum absolute atomic E-state index is 15.6. The molecule has 0 radical (unpaired) electrons. The summed E-state index contributed by atoms with van der Waals surface area (Å²) in [6.45, 7) is 4.09. The van der Waals surface area contributed by atoms with E-state index in [1.54, 1.807) is 10.7 Å². The van der Waals surface area contributed by atoms with E-state index < -0.39 is 48.2 Å². The van der Waals surface area contributed by atoms with E-state index in [4.69, 9.17) is 4.74 Å². The number of rotatable bonds is 12. The van der Waals surface area contributed by atoms with Crippen molar-refractivity contribution in [1.82, 2.24) is 25.3 Å². The lowest BCUT2D eigenvalue weighted by molar-refractivity contribution is -0.139. The third-order valence-corrected chi connectivity index (χ3v) is 8.14. The Kier molecular flexibility index (Phi) is 9.92. The first kappa shape index (κ1) is 32.6. The van der Waals surface area contributed by atoms with Gasteiger partial charge in [-0.15, -0.1) is 0 Å². The highest BCUT2D eigenvalue weighted by Gasteiger charge is 2.40. The minimum absolute atomic E-state index is 0.0670. The number of benzene rings is 1. The van der Waals surface area contributed by atoms with Crippen molar-refractivity contribution in [1.29, 1.82) is 0 Å². The number of hydrogen-bond donors (Lipinski definition) is 3. The van der Waals surface area contributed by atoms with Gasteiger partial charge in [-0.3, -0.25) is 24.0 Å². The molecule has 1 saturated heterocycles. The monoisotopic (exact) mass is 634 g/mol. The van der Waals surface area contributed by atoms with Crippen molar-refractivity contribution >= 4 is 23.4 Å². The predicted molar refractivity (Wildman–Crippen MR) is 157 cm³/mol. The molecule has 2 aromatic rings. The average molecular weight is 635 g/mol. The van der Waals surface area contributed by atoms with E-state index in [1.165, 1.54) is 18.3 Å². The van der Waals surface area contributed by atoms with Gasteiger partial charge in [-0.2, -0.15) is 18.3 Å². The van der Waals surface area contributed by atoms with Crippen molar-refractivity contribution in [2.45, 2.75) is 63.7 Å². The fraction of sp³-hybridized carbons (Fsp3) is 0.548. The summed E-state index contributed by atoms with van der Waals surface area (Å²) in [4.78, 5) is 41.8. The molecule has 1 aromatic carbocycles. The second-order valence-corrected chi connectivity index (χ2v) is 12.0. The van der Waals surface area contributed by atoms with Crippen LogP contribution in [0.2, 0.25) is 0 Å². The highest BCUT2D eigenvalue weighted by molar-refractivity contribution is 6.02. The zero-order valence-electron chi connectivity index (χ0n) is 25.3. The molecule has 244 valence electrons. The third kappa shape index (κ3) is 8.48. The maximum atomic E-state index is 15.6. The Bertz CT molecular complexity index is 1440. The van der Waals surface area contributed by atoms with Crippen LogP contribution in [0.15, 0.2) is 41.6 Å². The Morgan fingerprint density at radius 3 is 2.38 bits per heavy atom. The van der Waals surface area contributed by atoms with E-state index in [2.05, 4.69) is 15.7 Å². The third-order valence-electron chi connectivity index (χ3n) is 8.14. The van der Waals surface area contributed by atoms with Crippen molar-refractivity contribution in [3.63, 3.8) is 0 Å². The van der Waals surface area contributed by atoms with Crippen LogP contribution in [0.4, 0.5) is 23.2 Å². The van der Waals surface area contributed by atoms with Crippen LogP contribution < -0.4 is 16.0 Å². The summed E-state index contributed by atoms with van der Waals surface area (Å²) < 4.78 is 61.0. The first-order valence-electron chi connectivity index (χ1n) is 15.2. The Balaban J connectivity index is 1.36. The van der Waals surface area contributed by atoms with Crippen molar-refractivity contribution < 1.29 is 36.7 Å². The number of ether oxygens (including phenoxy) is 1. The van der Waals surface area contributed by atoms with E-state index in [-0.39, 0.29) is 29.8 Å². The minimum atomic E-state index is -4.60. The summed E-state index contributed by atoms with van der Waals surface area (Å²) in [5, 5.41) is 11.6. The van der Waals surface area contributed by atoms with Crippen molar-refractivity contribution in [3.8, 4) is 0 Å². The van der Waals surface area contributed by atoms with Crippen LogP contribution >= 0.6 is 0 Å². The molecule has 45 heavy (non-hydrogen) atoms. The summed E-state index contributed by atoms with van der Waals surface area (Å²) in [5.41, 5.74) is 2.26. The molecular formula is C31H38F4N6O4. The smallest absolute Gasteiger partial charge is 0.379 e. The molecule has 5 rings (SSSR count). The molecule has 1 aliphatic heterocycles. The van der Waals surface area contributed by atoms with Gasteiger partial charge < -0.3 is 20.7 Å². The molecule has 1 unspecified atom stereocenters. The van der Waals surface area contributed by atoms with E-state index in [0.717, 1.165) is 42.9 Å². The van der Waals surface area contributed by atoms with Crippen LogP contribution in [0.25, 0.3) is 0 Å². The van der Waals surface area contributed by atoms with Crippen LogP contribution in [-0.4, -0.2) is 84.0 Å². The molecule has 2 heterocycles. The molecule has 14 heteroatoms. The van der Waals surface area contributed by atoms with Crippen LogP contribution in [0, 0.1) is 11.7 Å². The Labute approximate surface area is 258 Å². The zero-order valence-corrected chi connectivity index (χ0v) is 25.3. The molecule has 3 fully saturated rings. The molecule has 2 aliphatic carbocycles. The van der Waals surface area contributed by atoms with Gasteiger partial charge in [-0.05, 0) is 74.8 Å². The number of morpholine rings is 1. The minimum Gasteiger partial charge on any atom is -0.379 e. The fourth-order valence-electron chi connectivity index (χ4n) is 5.62. The topological polar surface area (TPSA) is 118 Å². The second kappa shape index (κ2) is 13.7. The number of nitrogens with zero attached hydrogens (tertiary/aromatic N) is 3. The summed E-state index contributed by atoms with van der Waals surface area (Å²) in [5.74, 6) is -3.76. The number of carbonyl (C=O) groups excluding carboxylic acids is 3. The van der Waals surface area contributed by atoms with Gasteiger partial charge in [0.1, 0.15) is 24.1 Å². The van der Waals surface area contributed by atoms with E-state index in [0.29, 0.717) is 32.0 Å². The van der Waals surface area contributed by atoms with Crippen molar-refractivity contribution in [3.05, 3.63) is 58.7 Å². The summed E-state index contributed by atoms with van der Waals surface area (Å²) in [6.07, 6.45) is 0.364. The Hall–Kier alpha value is -3.78. The summed E-state index contributed by atoms with van der Waals surface area (Å²) in [6, 6.07) is 4.23. The number of allylic oxidation sites excluding steroid dienone is 1. The number of alkyl halides is 3. The molecule has 10 nitrogen and oxygen atoms in total. The number of aromatic nitrogens is 2. The van der Waals surface area contributed by atoms with Gasteiger partial charge in [-0.25, -0.2) is 4.39 Å². The van der Waals surface area contributed by atoms with Crippen LogP contribution in [0.3, 0.4) is 0 Å². The lowest BCUT2D eigenvalue weighted by Crippen LogP contribution is -2.46. The predicted octanol–water partition coefficient (Wildman–Crippen LogP) is 3.93. The summed E-state index contributed by atoms with van der Waals surface area (Å²) >= 11 is 0. The lowest BCUT2D eigenvalue weighted by atomic mass is 9.96. The van der Waals surface area contributed by atoms with Gasteiger partial charge in [0.2, 0.25) is 5.91 Å². The van der Waals surface area contributed by atoms with Crippen molar-refractivity contribution in [2.75, 3.05) is 44.7 Å². The van der Waals surface area contributed by atoms with E-state index >= 15 is 4.39 Å². The molecule has 0 spiro atoms. The molecule has 1 aromatic heterocycles. The summed E-state index contributed by atoms with van der Waals surface area (Å²) in [7, 11) is 0. The first-order chi connectivity index (χ1) is 21.4. The zero-order chi connectivity index (χ0) is 32.3. The van der Waals surface area contributed by atoms with Crippen LogP contribution in [-0.2, 0) is 14.3 Å². The highest BCUT2D eigenvalue weighted by atomic mass is 19.4. The first-order valence-corrected chi connectivity index (χ1v) is 15.2. The van der Waals surface area contributed by atoms with Crippen LogP contribution in [0.5, 0.6) is 0 Å². The van der Waals surface area contributed by atoms with Gasteiger partial charge in [0.25, 0.3) is 11.8 Å². The van der Waals surface area contributed by atoms with Crippen molar-refractivity contribution in [2.24, 2.45) is 5.92 Å². The molecule has 2 saturated carbocycles. The SMILES string of the molecule is CC(C)n1nccc1C(=O)N[C@H](C(=O)Nc1ccc(C(CN2CCOCC2)C(=O)NCC(F)(F)F)cc1F)C(=C1CC1)C1CC1. The Morgan fingerprint density at radius 1 is 1.07 bits per heavy atom. The number of halogens is 4. The quantitative estimate of drug-likeness (QED) is 0.241. The maximum Gasteiger partial charge on any atom is 0.405 e. The molecule has 2 atom stereocenters. The average Bonchev–Trinajstić information content (AvgIpc) is 3.94. The van der Waals surface area contributed by atoms with Gasteiger partial charge >= 0.3 is 6.18 Å². The standard InChI is InChI=1S/C31H38F4N6O4/c1-18(2)41-25(9-10-37-41)29(43)39-27(26(19-3-4-19)20-5-6-20)30(44)38-24-8-7-21(15-23(24)32)22(16-40-11-13-45-14-12-40)28(42)36-17-31(33,34)35/h7-10,15,18-19,22,27H,3-6,11-14,16-17H2,1-2H3,(H,36,42)(H,38,44)(H,39,43)/t22?,27-/m0/s1. The lowest BCUT2D eigenvalue weighted by Gasteiger charge is -2.30. The normalized spacial score (nSPS) is 18.3. The van der Waals surface area contributed by atoms with Gasteiger partial charge in [0.15, 0.2) is 0 Å². The van der Waals surface area contributed by atoms with Crippen LogP contribution in [0.1, 0.15) is 67.5 Å². The number of amides is 3. The number of carbonyl (C=O) groups is 3. The number of nitrogens with one attached hydrogen (secondary N) is 3.